The molecule has 5 nitrogen and oxygen atoms in total. The SMILES string of the molecule is c1ccc(Cc2noc(CN3CCC[C@@]4(CCCN(Cc5ccccc5)C4)C3)n2)cc1. The predicted molar refractivity (Wildman–Crippen MR) is 121 cm³/mol. The molecule has 5 rings (SSSR count). The maximum atomic E-state index is 5.60. The molecule has 162 valence electrons. The molecule has 2 aliphatic rings. The van der Waals surface area contributed by atoms with Crippen molar-refractivity contribution in [3.8, 4) is 0 Å². The van der Waals surface area contributed by atoms with E-state index >= 15 is 0 Å². The number of aromatic nitrogens is 2. The molecule has 0 bridgehead atoms. The van der Waals surface area contributed by atoms with Gasteiger partial charge in [-0.3, -0.25) is 9.80 Å². The number of benzene rings is 2. The van der Waals surface area contributed by atoms with E-state index in [1.165, 1.54) is 49.9 Å². The lowest BCUT2D eigenvalue weighted by Gasteiger charge is -2.48. The first-order chi connectivity index (χ1) is 15.3. The fourth-order valence-corrected chi connectivity index (χ4v) is 5.46. The third-order valence-corrected chi connectivity index (χ3v) is 6.80. The van der Waals surface area contributed by atoms with Crippen LogP contribution in [-0.4, -0.2) is 46.1 Å². The summed E-state index contributed by atoms with van der Waals surface area (Å²) in [5.74, 6) is 1.53. The van der Waals surface area contributed by atoms with Crippen molar-refractivity contribution in [2.45, 2.75) is 45.2 Å². The van der Waals surface area contributed by atoms with Crippen LogP contribution in [0.5, 0.6) is 0 Å². The van der Waals surface area contributed by atoms with Crippen LogP contribution in [0.4, 0.5) is 0 Å². The molecule has 1 atom stereocenters. The molecule has 0 aliphatic carbocycles. The molecule has 0 amide bonds. The van der Waals surface area contributed by atoms with E-state index in [1.807, 2.05) is 6.07 Å². The number of hydrogen-bond donors (Lipinski definition) is 0. The van der Waals surface area contributed by atoms with E-state index in [4.69, 9.17) is 4.52 Å². The van der Waals surface area contributed by atoms with Gasteiger partial charge in [0.2, 0.25) is 5.89 Å². The standard InChI is InChI=1S/C26H32N4O/c1-3-9-22(10-4-1)17-24-27-25(31-28-24)19-30-16-8-14-26(21-30)13-7-15-29(20-26)18-23-11-5-2-6-12-23/h1-6,9-12H,7-8,13-21H2/t26-/m1/s1. The average Bonchev–Trinajstić information content (AvgIpc) is 3.22. The van der Waals surface area contributed by atoms with Crippen molar-refractivity contribution in [2.24, 2.45) is 5.41 Å². The minimum Gasteiger partial charge on any atom is -0.338 e. The van der Waals surface area contributed by atoms with E-state index in [-0.39, 0.29) is 0 Å². The zero-order valence-corrected chi connectivity index (χ0v) is 18.2. The fourth-order valence-electron chi connectivity index (χ4n) is 5.46. The summed E-state index contributed by atoms with van der Waals surface area (Å²) in [6.45, 7) is 6.49. The summed E-state index contributed by atoms with van der Waals surface area (Å²) >= 11 is 0. The minimum absolute atomic E-state index is 0.401. The van der Waals surface area contributed by atoms with Crippen molar-refractivity contribution in [1.29, 1.82) is 0 Å². The molecule has 2 aliphatic heterocycles. The lowest BCUT2D eigenvalue weighted by atomic mass is 9.73. The van der Waals surface area contributed by atoms with Gasteiger partial charge in [-0.25, -0.2) is 0 Å². The molecule has 31 heavy (non-hydrogen) atoms. The van der Waals surface area contributed by atoms with Gasteiger partial charge in [-0.05, 0) is 55.3 Å². The Morgan fingerprint density at radius 2 is 1.39 bits per heavy atom. The molecule has 0 saturated carbocycles. The van der Waals surface area contributed by atoms with Gasteiger partial charge in [0.1, 0.15) is 0 Å². The van der Waals surface area contributed by atoms with E-state index in [2.05, 4.69) is 74.5 Å². The summed E-state index contributed by atoms with van der Waals surface area (Å²) in [6.07, 6.45) is 5.94. The first-order valence-electron chi connectivity index (χ1n) is 11.6. The predicted octanol–water partition coefficient (Wildman–Crippen LogP) is 4.54. The molecule has 2 fully saturated rings. The summed E-state index contributed by atoms with van der Waals surface area (Å²) in [5.41, 5.74) is 3.04. The first kappa shape index (κ1) is 20.4. The van der Waals surface area contributed by atoms with Gasteiger partial charge >= 0.3 is 0 Å². The molecule has 0 N–H and O–H groups in total. The van der Waals surface area contributed by atoms with Gasteiger partial charge in [-0.2, -0.15) is 4.98 Å². The average molecular weight is 417 g/mol. The Kier molecular flexibility index (Phi) is 6.14. The molecule has 3 heterocycles. The molecule has 2 saturated heterocycles. The third kappa shape index (κ3) is 5.23. The van der Waals surface area contributed by atoms with Crippen LogP contribution >= 0.6 is 0 Å². The Morgan fingerprint density at radius 3 is 2.06 bits per heavy atom. The molecular weight excluding hydrogens is 384 g/mol. The second-order valence-corrected chi connectivity index (χ2v) is 9.38. The quantitative estimate of drug-likeness (QED) is 0.590. The largest absolute Gasteiger partial charge is 0.338 e. The summed E-state index contributed by atoms with van der Waals surface area (Å²) in [5, 5.41) is 4.22. The van der Waals surface area contributed by atoms with Crippen molar-refractivity contribution < 1.29 is 4.52 Å². The van der Waals surface area contributed by atoms with Gasteiger partial charge in [0.15, 0.2) is 5.82 Å². The van der Waals surface area contributed by atoms with Crippen LogP contribution in [0.1, 0.15) is 48.5 Å². The number of hydrogen-bond acceptors (Lipinski definition) is 5. The van der Waals surface area contributed by atoms with Gasteiger partial charge < -0.3 is 4.52 Å². The van der Waals surface area contributed by atoms with Gasteiger partial charge in [0.05, 0.1) is 6.54 Å². The second-order valence-electron chi connectivity index (χ2n) is 9.38. The first-order valence-corrected chi connectivity index (χ1v) is 11.6. The highest BCUT2D eigenvalue weighted by Gasteiger charge is 2.39. The van der Waals surface area contributed by atoms with E-state index in [9.17, 15) is 0 Å². The molecule has 1 spiro atoms. The van der Waals surface area contributed by atoms with Crippen LogP contribution in [0.15, 0.2) is 65.2 Å². The molecule has 3 aromatic rings. The summed E-state index contributed by atoms with van der Waals surface area (Å²) in [4.78, 5) is 9.87. The highest BCUT2D eigenvalue weighted by molar-refractivity contribution is 5.18. The van der Waals surface area contributed by atoms with Crippen LogP contribution in [0.3, 0.4) is 0 Å². The Bertz CT molecular complexity index is 954. The van der Waals surface area contributed by atoms with Crippen molar-refractivity contribution in [3.63, 3.8) is 0 Å². The Morgan fingerprint density at radius 1 is 0.774 bits per heavy atom. The lowest BCUT2D eigenvalue weighted by molar-refractivity contribution is 0.00462. The summed E-state index contributed by atoms with van der Waals surface area (Å²) < 4.78 is 5.60. The van der Waals surface area contributed by atoms with Crippen LogP contribution in [0.25, 0.3) is 0 Å². The Hall–Kier alpha value is -2.50. The zero-order chi connectivity index (χ0) is 20.9. The smallest absolute Gasteiger partial charge is 0.240 e. The van der Waals surface area contributed by atoms with Crippen molar-refractivity contribution in [3.05, 3.63) is 83.5 Å². The van der Waals surface area contributed by atoms with E-state index in [1.54, 1.807) is 0 Å². The Balaban J connectivity index is 1.19. The zero-order valence-electron chi connectivity index (χ0n) is 18.2. The van der Waals surface area contributed by atoms with Gasteiger partial charge in [0, 0.05) is 26.1 Å². The number of likely N-dealkylation sites (tertiary alicyclic amines) is 2. The van der Waals surface area contributed by atoms with E-state index in [0.29, 0.717) is 5.41 Å². The third-order valence-electron chi connectivity index (χ3n) is 6.80. The van der Waals surface area contributed by atoms with Gasteiger partial charge in [-0.1, -0.05) is 65.8 Å². The van der Waals surface area contributed by atoms with Crippen molar-refractivity contribution in [2.75, 3.05) is 26.2 Å². The molecule has 5 heteroatoms. The maximum Gasteiger partial charge on any atom is 0.240 e. The topological polar surface area (TPSA) is 45.4 Å². The van der Waals surface area contributed by atoms with Crippen LogP contribution in [-0.2, 0) is 19.5 Å². The minimum atomic E-state index is 0.401. The van der Waals surface area contributed by atoms with Gasteiger partial charge in [-0.15, -0.1) is 0 Å². The Labute approximate surface area is 185 Å². The highest BCUT2D eigenvalue weighted by atomic mass is 16.5. The number of piperidine rings is 2. The molecular formula is C26H32N4O. The molecule has 2 aromatic carbocycles. The fraction of sp³-hybridized carbons (Fsp3) is 0.462. The van der Waals surface area contributed by atoms with Crippen LogP contribution in [0, 0.1) is 5.41 Å². The van der Waals surface area contributed by atoms with E-state index in [0.717, 1.165) is 44.3 Å². The molecule has 1 aromatic heterocycles. The van der Waals surface area contributed by atoms with Crippen molar-refractivity contribution >= 4 is 0 Å². The summed E-state index contributed by atoms with van der Waals surface area (Å²) in [6, 6.07) is 21.2. The number of rotatable bonds is 6. The van der Waals surface area contributed by atoms with Crippen LogP contribution in [0.2, 0.25) is 0 Å². The molecule has 0 unspecified atom stereocenters. The molecule has 0 radical (unpaired) electrons. The monoisotopic (exact) mass is 416 g/mol. The lowest BCUT2D eigenvalue weighted by Crippen LogP contribution is -2.51. The second kappa shape index (κ2) is 9.33. The van der Waals surface area contributed by atoms with E-state index < -0.39 is 0 Å². The normalized spacial score (nSPS) is 22.7. The van der Waals surface area contributed by atoms with Crippen molar-refractivity contribution in [1.82, 2.24) is 19.9 Å². The maximum absolute atomic E-state index is 5.60. The summed E-state index contributed by atoms with van der Waals surface area (Å²) in [7, 11) is 0. The van der Waals surface area contributed by atoms with Gasteiger partial charge in [0.25, 0.3) is 0 Å². The van der Waals surface area contributed by atoms with Crippen LogP contribution < -0.4 is 0 Å². The highest BCUT2D eigenvalue weighted by Crippen LogP contribution is 2.39. The number of nitrogens with zero attached hydrogens (tertiary/aromatic N) is 4.